The van der Waals surface area contributed by atoms with Crippen LogP contribution in [0.15, 0.2) is 59.1 Å². The van der Waals surface area contributed by atoms with Crippen molar-refractivity contribution in [2.75, 3.05) is 38.2 Å². The Morgan fingerprint density at radius 3 is 2.45 bits per heavy atom. The number of hydrogen-bond acceptors (Lipinski definition) is 6. The lowest BCUT2D eigenvalue weighted by Gasteiger charge is -2.35. The molecule has 0 unspecified atom stereocenters. The number of piperazine rings is 1. The summed E-state index contributed by atoms with van der Waals surface area (Å²) in [6.45, 7) is 3.74. The van der Waals surface area contributed by atoms with E-state index < -0.39 is 5.97 Å². The van der Waals surface area contributed by atoms with Gasteiger partial charge in [-0.1, -0.05) is 53.7 Å². The van der Waals surface area contributed by atoms with Gasteiger partial charge in [0.05, 0.1) is 7.11 Å². The normalized spacial score (nSPS) is 14.7. The highest BCUT2D eigenvalue weighted by molar-refractivity contribution is 5.99. The van der Waals surface area contributed by atoms with Crippen molar-refractivity contribution in [2.45, 2.75) is 6.54 Å². The predicted molar refractivity (Wildman–Crippen MR) is 109 cm³/mol. The van der Waals surface area contributed by atoms with E-state index in [4.69, 9.17) is 9.26 Å². The van der Waals surface area contributed by atoms with Gasteiger partial charge in [-0.3, -0.25) is 4.90 Å². The SMILES string of the molecule is COc1ccccc1CN1CCN(c2noc(-c3ccccc3)c2C(=O)O)CC1. The Morgan fingerprint density at radius 2 is 1.76 bits per heavy atom. The zero-order valence-corrected chi connectivity index (χ0v) is 16.2. The number of methoxy groups -OCH3 is 1. The Morgan fingerprint density at radius 1 is 1.07 bits per heavy atom. The largest absolute Gasteiger partial charge is 0.496 e. The van der Waals surface area contributed by atoms with Gasteiger partial charge in [-0.15, -0.1) is 0 Å². The number of carboxylic acid groups (broad SMARTS) is 1. The zero-order chi connectivity index (χ0) is 20.2. The first kappa shape index (κ1) is 19.0. The lowest BCUT2D eigenvalue weighted by atomic mass is 10.1. The minimum atomic E-state index is -1.03. The summed E-state index contributed by atoms with van der Waals surface area (Å²) in [6, 6.07) is 17.2. The number of nitrogens with zero attached hydrogens (tertiary/aromatic N) is 3. The standard InChI is InChI=1S/C22H23N3O4/c1-28-18-10-6-5-9-17(18)15-24-11-13-25(14-12-24)21-19(22(26)27)20(29-23-21)16-7-3-2-4-8-16/h2-10H,11-15H2,1H3,(H,26,27). The summed E-state index contributed by atoms with van der Waals surface area (Å²) in [5.41, 5.74) is 1.97. The number of rotatable bonds is 6. The summed E-state index contributed by atoms with van der Waals surface area (Å²) >= 11 is 0. The number of hydrogen-bond donors (Lipinski definition) is 1. The fourth-order valence-corrected chi connectivity index (χ4v) is 3.67. The van der Waals surface area contributed by atoms with Crippen molar-refractivity contribution < 1.29 is 19.2 Å². The molecule has 29 heavy (non-hydrogen) atoms. The molecule has 7 nitrogen and oxygen atoms in total. The lowest BCUT2D eigenvalue weighted by Crippen LogP contribution is -2.46. The summed E-state index contributed by atoms with van der Waals surface area (Å²) in [7, 11) is 1.68. The number of aromatic carboxylic acids is 1. The number of anilines is 1. The van der Waals surface area contributed by atoms with Crippen LogP contribution in [0.2, 0.25) is 0 Å². The molecule has 1 aliphatic rings. The van der Waals surface area contributed by atoms with Crippen LogP contribution in [0.25, 0.3) is 11.3 Å². The van der Waals surface area contributed by atoms with E-state index in [9.17, 15) is 9.90 Å². The molecule has 1 aliphatic heterocycles. The van der Waals surface area contributed by atoms with Crippen LogP contribution >= 0.6 is 0 Å². The maximum atomic E-state index is 11.9. The molecule has 150 valence electrons. The number of carbonyl (C=O) groups is 1. The molecular weight excluding hydrogens is 370 g/mol. The van der Waals surface area contributed by atoms with E-state index in [1.807, 2.05) is 53.4 Å². The highest BCUT2D eigenvalue weighted by Crippen LogP contribution is 2.32. The van der Waals surface area contributed by atoms with Crippen molar-refractivity contribution in [3.8, 4) is 17.1 Å². The third kappa shape index (κ3) is 3.95. The van der Waals surface area contributed by atoms with Crippen molar-refractivity contribution >= 4 is 11.8 Å². The molecular formula is C22H23N3O4. The third-order valence-electron chi connectivity index (χ3n) is 5.18. The van der Waals surface area contributed by atoms with Crippen molar-refractivity contribution in [1.29, 1.82) is 0 Å². The molecule has 0 aliphatic carbocycles. The molecule has 0 amide bonds. The van der Waals surface area contributed by atoms with Crippen LogP contribution in [-0.2, 0) is 6.54 Å². The Kier molecular flexibility index (Phi) is 5.48. The molecule has 0 atom stereocenters. The molecule has 1 saturated heterocycles. The highest BCUT2D eigenvalue weighted by Gasteiger charge is 2.29. The lowest BCUT2D eigenvalue weighted by molar-refractivity contribution is 0.0697. The molecule has 7 heteroatoms. The van der Waals surface area contributed by atoms with E-state index in [0.717, 1.165) is 30.9 Å². The van der Waals surface area contributed by atoms with Crippen molar-refractivity contribution in [2.24, 2.45) is 0 Å². The van der Waals surface area contributed by atoms with E-state index in [-0.39, 0.29) is 5.56 Å². The van der Waals surface area contributed by atoms with Crippen LogP contribution in [-0.4, -0.2) is 54.4 Å². The smallest absolute Gasteiger partial charge is 0.343 e. The van der Waals surface area contributed by atoms with Crippen molar-refractivity contribution in [1.82, 2.24) is 10.1 Å². The van der Waals surface area contributed by atoms with Crippen LogP contribution < -0.4 is 9.64 Å². The number of benzene rings is 2. The van der Waals surface area contributed by atoms with Crippen LogP contribution in [0.1, 0.15) is 15.9 Å². The summed E-state index contributed by atoms with van der Waals surface area (Å²) in [5, 5.41) is 13.9. The monoisotopic (exact) mass is 393 g/mol. The molecule has 0 saturated carbocycles. The molecule has 0 radical (unpaired) electrons. The zero-order valence-electron chi connectivity index (χ0n) is 16.2. The van der Waals surface area contributed by atoms with Crippen LogP contribution in [0, 0.1) is 0 Å². The second-order valence-corrected chi connectivity index (χ2v) is 6.96. The molecule has 0 spiro atoms. The van der Waals surface area contributed by atoms with Gasteiger partial charge in [-0.2, -0.15) is 0 Å². The second-order valence-electron chi connectivity index (χ2n) is 6.96. The van der Waals surface area contributed by atoms with Gasteiger partial charge in [0.2, 0.25) is 0 Å². The van der Waals surface area contributed by atoms with Crippen molar-refractivity contribution in [3.05, 3.63) is 65.7 Å². The van der Waals surface area contributed by atoms with Gasteiger partial charge in [-0.05, 0) is 6.07 Å². The fraction of sp³-hybridized carbons (Fsp3) is 0.273. The Labute approximate surface area is 169 Å². The molecule has 4 rings (SSSR count). The van der Waals surface area contributed by atoms with E-state index in [2.05, 4.69) is 16.1 Å². The van der Waals surface area contributed by atoms with Crippen LogP contribution in [0.4, 0.5) is 5.82 Å². The Hall–Kier alpha value is -3.32. The first-order valence-corrected chi connectivity index (χ1v) is 9.55. The van der Waals surface area contributed by atoms with Gasteiger partial charge in [0.25, 0.3) is 0 Å². The van der Waals surface area contributed by atoms with Crippen LogP contribution in [0.3, 0.4) is 0 Å². The minimum absolute atomic E-state index is 0.120. The molecule has 1 N–H and O–H groups in total. The van der Waals surface area contributed by atoms with Crippen LogP contribution in [0.5, 0.6) is 5.75 Å². The molecule has 2 aromatic carbocycles. The second kappa shape index (κ2) is 8.36. The fourth-order valence-electron chi connectivity index (χ4n) is 3.67. The first-order chi connectivity index (χ1) is 14.2. The minimum Gasteiger partial charge on any atom is -0.496 e. The number of aromatic nitrogens is 1. The molecule has 0 bridgehead atoms. The van der Waals surface area contributed by atoms with E-state index in [0.29, 0.717) is 30.2 Å². The Bertz CT molecular complexity index is 979. The average molecular weight is 393 g/mol. The third-order valence-corrected chi connectivity index (χ3v) is 5.18. The van der Waals surface area contributed by atoms with Gasteiger partial charge in [0.15, 0.2) is 17.1 Å². The number of para-hydroxylation sites is 1. The first-order valence-electron chi connectivity index (χ1n) is 9.55. The topological polar surface area (TPSA) is 79.0 Å². The van der Waals surface area contributed by atoms with Gasteiger partial charge in [-0.25, -0.2) is 4.79 Å². The molecule has 2 heterocycles. The quantitative estimate of drug-likeness (QED) is 0.688. The molecule has 3 aromatic rings. The van der Waals surface area contributed by atoms with Gasteiger partial charge in [0, 0.05) is 43.9 Å². The van der Waals surface area contributed by atoms with Gasteiger partial charge < -0.3 is 19.3 Å². The maximum Gasteiger partial charge on any atom is 0.343 e. The number of ether oxygens (including phenoxy) is 1. The van der Waals surface area contributed by atoms with Crippen molar-refractivity contribution in [3.63, 3.8) is 0 Å². The summed E-state index contributed by atoms with van der Waals surface area (Å²) in [5.74, 6) is 0.543. The summed E-state index contributed by atoms with van der Waals surface area (Å²) < 4.78 is 10.9. The van der Waals surface area contributed by atoms with Gasteiger partial charge >= 0.3 is 5.97 Å². The highest BCUT2D eigenvalue weighted by atomic mass is 16.5. The maximum absolute atomic E-state index is 11.9. The Balaban J connectivity index is 1.49. The molecule has 1 fully saturated rings. The number of carboxylic acids is 1. The van der Waals surface area contributed by atoms with E-state index >= 15 is 0 Å². The summed E-state index contributed by atoms with van der Waals surface area (Å²) in [4.78, 5) is 16.3. The predicted octanol–water partition coefficient (Wildman–Crippen LogP) is 3.37. The van der Waals surface area contributed by atoms with E-state index in [1.54, 1.807) is 7.11 Å². The van der Waals surface area contributed by atoms with E-state index in [1.165, 1.54) is 0 Å². The van der Waals surface area contributed by atoms with Gasteiger partial charge in [0.1, 0.15) is 5.75 Å². The summed E-state index contributed by atoms with van der Waals surface area (Å²) in [6.07, 6.45) is 0. The average Bonchev–Trinajstić information content (AvgIpc) is 3.21. The molecule has 1 aromatic heterocycles.